The third-order valence-electron chi connectivity index (χ3n) is 3.31. The number of rotatable bonds is 6. The highest BCUT2D eigenvalue weighted by Crippen LogP contribution is 2.19. The van der Waals surface area contributed by atoms with Crippen LogP contribution in [0.15, 0.2) is 24.3 Å². The van der Waals surface area contributed by atoms with E-state index in [1.54, 1.807) is 12.1 Å². The van der Waals surface area contributed by atoms with Crippen molar-refractivity contribution in [3.63, 3.8) is 0 Å². The predicted octanol–water partition coefficient (Wildman–Crippen LogP) is 2.09. The maximum absolute atomic E-state index is 12.0. The monoisotopic (exact) mass is 287 g/mol. The van der Waals surface area contributed by atoms with Gasteiger partial charge in [0.1, 0.15) is 5.75 Å². The van der Waals surface area contributed by atoms with E-state index in [1.165, 1.54) is 12.1 Å². The van der Waals surface area contributed by atoms with E-state index in [-0.39, 0.29) is 5.75 Å². The Morgan fingerprint density at radius 1 is 1.25 bits per heavy atom. The first-order valence-electron chi connectivity index (χ1n) is 6.69. The van der Waals surface area contributed by atoms with Crippen molar-refractivity contribution in [2.45, 2.75) is 31.6 Å². The molecule has 0 radical (unpaired) electrons. The van der Waals surface area contributed by atoms with Crippen LogP contribution in [0.1, 0.15) is 24.5 Å². The lowest BCUT2D eigenvalue weighted by atomic mass is 10.1. The molecular formula is C14H19F2NO3. The Labute approximate surface area is 116 Å². The Kier molecular flexibility index (Phi) is 5.70. The van der Waals surface area contributed by atoms with Gasteiger partial charge in [-0.2, -0.15) is 8.78 Å². The zero-order chi connectivity index (χ0) is 14.4. The molecule has 1 fully saturated rings. The summed E-state index contributed by atoms with van der Waals surface area (Å²) in [5.41, 5.74) is 0.672. The van der Waals surface area contributed by atoms with Gasteiger partial charge in [-0.15, -0.1) is 0 Å². The molecule has 1 aromatic carbocycles. The molecule has 1 atom stereocenters. The summed E-state index contributed by atoms with van der Waals surface area (Å²) in [5, 5.41) is 13.3. The second kappa shape index (κ2) is 7.52. The number of nitrogens with one attached hydrogen (secondary N) is 1. The Hall–Kier alpha value is -1.24. The summed E-state index contributed by atoms with van der Waals surface area (Å²) in [4.78, 5) is 0. The van der Waals surface area contributed by atoms with Gasteiger partial charge in [0.15, 0.2) is 0 Å². The van der Waals surface area contributed by atoms with Crippen molar-refractivity contribution in [3.05, 3.63) is 29.8 Å². The quantitative estimate of drug-likeness (QED) is 0.841. The molecule has 2 rings (SSSR count). The van der Waals surface area contributed by atoms with E-state index in [0.717, 1.165) is 26.1 Å². The summed E-state index contributed by atoms with van der Waals surface area (Å²) in [6, 6.07) is 6.40. The van der Waals surface area contributed by atoms with E-state index in [4.69, 9.17) is 4.74 Å². The lowest BCUT2D eigenvalue weighted by molar-refractivity contribution is -0.0498. The van der Waals surface area contributed by atoms with Crippen LogP contribution in [-0.2, 0) is 4.74 Å². The maximum atomic E-state index is 12.0. The zero-order valence-corrected chi connectivity index (χ0v) is 11.1. The van der Waals surface area contributed by atoms with Gasteiger partial charge in [0, 0.05) is 25.8 Å². The number of halogens is 2. The average Bonchev–Trinajstić information content (AvgIpc) is 2.46. The molecule has 0 bridgehead atoms. The van der Waals surface area contributed by atoms with Gasteiger partial charge in [0.2, 0.25) is 0 Å². The van der Waals surface area contributed by atoms with Crippen LogP contribution in [0.4, 0.5) is 8.78 Å². The molecular weight excluding hydrogens is 268 g/mol. The summed E-state index contributed by atoms with van der Waals surface area (Å²) in [6.45, 7) is -0.915. The summed E-state index contributed by atoms with van der Waals surface area (Å²) in [5.74, 6) is 0.0911. The Morgan fingerprint density at radius 3 is 2.50 bits per heavy atom. The number of hydrogen-bond acceptors (Lipinski definition) is 4. The predicted molar refractivity (Wildman–Crippen MR) is 69.9 cm³/mol. The summed E-state index contributed by atoms with van der Waals surface area (Å²) >= 11 is 0. The van der Waals surface area contributed by atoms with Gasteiger partial charge < -0.3 is 19.9 Å². The second-order valence-corrected chi connectivity index (χ2v) is 4.76. The van der Waals surface area contributed by atoms with Crippen molar-refractivity contribution in [3.8, 4) is 5.75 Å². The van der Waals surface area contributed by atoms with Crippen LogP contribution < -0.4 is 10.1 Å². The molecule has 20 heavy (non-hydrogen) atoms. The number of aliphatic hydroxyl groups excluding tert-OH is 1. The van der Waals surface area contributed by atoms with E-state index >= 15 is 0 Å². The van der Waals surface area contributed by atoms with Crippen LogP contribution in [0.3, 0.4) is 0 Å². The van der Waals surface area contributed by atoms with Crippen molar-refractivity contribution < 1.29 is 23.4 Å². The second-order valence-electron chi connectivity index (χ2n) is 4.76. The molecule has 4 nitrogen and oxygen atoms in total. The molecule has 0 amide bonds. The van der Waals surface area contributed by atoms with Crippen molar-refractivity contribution in [2.75, 3.05) is 19.8 Å². The van der Waals surface area contributed by atoms with Crippen molar-refractivity contribution in [2.24, 2.45) is 0 Å². The largest absolute Gasteiger partial charge is 0.435 e. The number of aliphatic hydroxyl groups is 1. The average molecular weight is 287 g/mol. The minimum atomic E-state index is -2.83. The van der Waals surface area contributed by atoms with Gasteiger partial charge in [0.05, 0.1) is 6.10 Å². The van der Waals surface area contributed by atoms with E-state index in [1.807, 2.05) is 0 Å². The van der Waals surface area contributed by atoms with E-state index in [2.05, 4.69) is 10.1 Å². The first kappa shape index (κ1) is 15.2. The fourth-order valence-electron chi connectivity index (χ4n) is 2.17. The molecule has 6 heteroatoms. The Bertz CT molecular complexity index is 394. The first-order chi connectivity index (χ1) is 9.65. The number of hydrogen-bond donors (Lipinski definition) is 2. The topological polar surface area (TPSA) is 50.7 Å². The zero-order valence-electron chi connectivity index (χ0n) is 11.1. The van der Waals surface area contributed by atoms with Gasteiger partial charge in [-0.1, -0.05) is 12.1 Å². The van der Waals surface area contributed by atoms with E-state index in [9.17, 15) is 13.9 Å². The van der Waals surface area contributed by atoms with Gasteiger partial charge in [-0.3, -0.25) is 0 Å². The molecule has 1 heterocycles. The minimum Gasteiger partial charge on any atom is -0.435 e. The highest BCUT2D eigenvalue weighted by atomic mass is 19.3. The van der Waals surface area contributed by atoms with Crippen molar-refractivity contribution >= 4 is 0 Å². The van der Waals surface area contributed by atoms with Crippen LogP contribution in [0, 0.1) is 0 Å². The number of alkyl halides is 2. The molecule has 0 aliphatic carbocycles. The van der Waals surface area contributed by atoms with Crippen molar-refractivity contribution in [1.29, 1.82) is 0 Å². The molecule has 112 valence electrons. The fraction of sp³-hybridized carbons (Fsp3) is 0.571. The summed E-state index contributed by atoms with van der Waals surface area (Å²) in [6.07, 6.45) is 1.21. The molecule has 1 aliphatic rings. The normalized spacial score (nSPS) is 18.2. The SMILES string of the molecule is OC(CNC1CCOCC1)c1ccc(OC(F)F)cc1. The lowest BCUT2D eigenvalue weighted by Gasteiger charge is -2.24. The molecule has 1 saturated heterocycles. The number of benzene rings is 1. The lowest BCUT2D eigenvalue weighted by Crippen LogP contribution is -2.37. The van der Waals surface area contributed by atoms with Gasteiger partial charge in [0.25, 0.3) is 0 Å². The van der Waals surface area contributed by atoms with Gasteiger partial charge in [-0.05, 0) is 30.5 Å². The Morgan fingerprint density at radius 2 is 1.90 bits per heavy atom. The van der Waals surface area contributed by atoms with E-state index in [0.29, 0.717) is 18.2 Å². The third-order valence-corrected chi connectivity index (χ3v) is 3.31. The van der Waals surface area contributed by atoms with Gasteiger partial charge >= 0.3 is 6.61 Å². The molecule has 2 N–H and O–H groups in total. The maximum Gasteiger partial charge on any atom is 0.387 e. The molecule has 1 unspecified atom stereocenters. The van der Waals surface area contributed by atoms with Gasteiger partial charge in [-0.25, -0.2) is 0 Å². The highest BCUT2D eigenvalue weighted by molar-refractivity contribution is 5.28. The third kappa shape index (κ3) is 4.70. The van der Waals surface area contributed by atoms with Crippen LogP contribution in [0.5, 0.6) is 5.75 Å². The van der Waals surface area contributed by atoms with E-state index < -0.39 is 12.7 Å². The van der Waals surface area contributed by atoms with Crippen molar-refractivity contribution in [1.82, 2.24) is 5.32 Å². The summed E-state index contributed by atoms with van der Waals surface area (Å²) < 4.78 is 33.5. The van der Waals surface area contributed by atoms with Crippen LogP contribution in [0.2, 0.25) is 0 Å². The summed E-state index contributed by atoms with van der Waals surface area (Å²) in [7, 11) is 0. The molecule has 0 saturated carbocycles. The highest BCUT2D eigenvalue weighted by Gasteiger charge is 2.15. The number of ether oxygens (including phenoxy) is 2. The van der Waals surface area contributed by atoms with Crippen LogP contribution >= 0.6 is 0 Å². The fourth-order valence-corrected chi connectivity index (χ4v) is 2.17. The molecule has 1 aromatic rings. The smallest absolute Gasteiger partial charge is 0.387 e. The van der Waals surface area contributed by atoms with Crippen LogP contribution in [-0.4, -0.2) is 37.5 Å². The Balaban J connectivity index is 1.80. The molecule has 0 spiro atoms. The minimum absolute atomic E-state index is 0.0911. The standard InChI is InChI=1S/C14H19F2NO3/c15-14(16)20-12-3-1-10(2-4-12)13(18)9-17-11-5-7-19-8-6-11/h1-4,11,13-14,17-18H,5-9H2. The molecule has 1 aliphatic heterocycles. The first-order valence-corrected chi connectivity index (χ1v) is 6.69. The molecule has 0 aromatic heterocycles. The van der Waals surface area contributed by atoms with Crippen LogP contribution in [0.25, 0.3) is 0 Å².